The maximum atomic E-state index is 13.1. The topological polar surface area (TPSA) is 102 Å². The highest BCUT2D eigenvalue weighted by Crippen LogP contribution is 2.35. The van der Waals surface area contributed by atoms with E-state index in [-0.39, 0.29) is 18.3 Å². The molecular formula is C23H30N4O5. The Morgan fingerprint density at radius 3 is 2.66 bits per heavy atom. The van der Waals surface area contributed by atoms with Gasteiger partial charge in [-0.3, -0.25) is 19.3 Å². The Bertz CT molecular complexity index is 1100. The first-order valence-electron chi connectivity index (χ1n) is 11.2. The zero-order chi connectivity index (χ0) is 22.8. The smallest absolute Gasteiger partial charge is 0.257 e. The van der Waals surface area contributed by atoms with E-state index in [0.29, 0.717) is 41.5 Å². The number of nitrogens with zero attached hydrogens (tertiary/aromatic N) is 2. The van der Waals surface area contributed by atoms with Crippen LogP contribution in [-0.4, -0.2) is 59.8 Å². The molecule has 2 aliphatic rings. The van der Waals surface area contributed by atoms with E-state index < -0.39 is 17.4 Å². The molecule has 32 heavy (non-hydrogen) atoms. The molecule has 4 rings (SSSR count). The SMILES string of the molecule is CCN1CCCC1CNC(=O)[C@H](C)NC(=O)c1cn(CC)c2cc3c(cc2c1=O)OCO3. The van der Waals surface area contributed by atoms with Crippen LogP contribution in [0.3, 0.4) is 0 Å². The molecule has 2 atom stereocenters. The van der Waals surface area contributed by atoms with Crippen LogP contribution in [0.15, 0.2) is 23.1 Å². The Kier molecular flexibility index (Phi) is 6.36. The van der Waals surface area contributed by atoms with Crippen LogP contribution in [0.1, 0.15) is 44.0 Å². The van der Waals surface area contributed by atoms with E-state index in [9.17, 15) is 14.4 Å². The lowest BCUT2D eigenvalue weighted by Gasteiger charge is -2.24. The summed E-state index contributed by atoms with van der Waals surface area (Å²) in [5.74, 6) is 0.220. The van der Waals surface area contributed by atoms with Crippen molar-refractivity contribution in [3.8, 4) is 11.5 Å². The normalized spacial score (nSPS) is 18.7. The average molecular weight is 443 g/mol. The van der Waals surface area contributed by atoms with E-state index in [0.717, 1.165) is 25.9 Å². The molecule has 1 unspecified atom stereocenters. The number of amides is 2. The summed E-state index contributed by atoms with van der Waals surface area (Å²) in [4.78, 5) is 40.9. The average Bonchev–Trinajstić information content (AvgIpc) is 3.45. The molecule has 9 nitrogen and oxygen atoms in total. The van der Waals surface area contributed by atoms with E-state index in [1.54, 1.807) is 19.1 Å². The molecule has 2 aromatic rings. The number of carbonyl (C=O) groups excluding carboxylic acids is 2. The van der Waals surface area contributed by atoms with Crippen LogP contribution in [0.2, 0.25) is 0 Å². The third-order valence-corrected chi connectivity index (χ3v) is 6.32. The number of hydrogen-bond donors (Lipinski definition) is 2. The van der Waals surface area contributed by atoms with E-state index in [1.807, 2.05) is 11.5 Å². The molecule has 0 saturated carbocycles. The van der Waals surface area contributed by atoms with Gasteiger partial charge >= 0.3 is 0 Å². The summed E-state index contributed by atoms with van der Waals surface area (Å²) in [7, 11) is 0. The van der Waals surface area contributed by atoms with Gasteiger partial charge in [-0.25, -0.2) is 0 Å². The fourth-order valence-corrected chi connectivity index (χ4v) is 4.46. The molecule has 2 amide bonds. The summed E-state index contributed by atoms with van der Waals surface area (Å²) in [6, 6.07) is 2.93. The number of benzene rings is 1. The molecule has 2 N–H and O–H groups in total. The van der Waals surface area contributed by atoms with Crippen molar-refractivity contribution in [1.29, 1.82) is 0 Å². The molecule has 1 aromatic carbocycles. The van der Waals surface area contributed by atoms with Gasteiger partial charge in [0, 0.05) is 31.4 Å². The third kappa shape index (κ3) is 4.17. The summed E-state index contributed by atoms with van der Waals surface area (Å²) in [5, 5.41) is 5.98. The first kappa shape index (κ1) is 22.1. The number of nitrogens with one attached hydrogen (secondary N) is 2. The number of aromatic nitrogens is 1. The highest BCUT2D eigenvalue weighted by atomic mass is 16.7. The summed E-state index contributed by atoms with van der Waals surface area (Å²) in [6.45, 7) is 8.88. The molecule has 172 valence electrons. The highest BCUT2D eigenvalue weighted by molar-refractivity contribution is 6.00. The van der Waals surface area contributed by atoms with E-state index in [2.05, 4.69) is 22.5 Å². The van der Waals surface area contributed by atoms with Crippen LogP contribution in [0.25, 0.3) is 10.9 Å². The lowest BCUT2D eigenvalue weighted by Crippen LogP contribution is -2.49. The molecule has 1 saturated heterocycles. The molecule has 0 aliphatic carbocycles. The van der Waals surface area contributed by atoms with Gasteiger partial charge in [0.15, 0.2) is 11.5 Å². The predicted molar refractivity (Wildman–Crippen MR) is 120 cm³/mol. The minimum absolute atomic E-state index is 0.00850. The lowest BCUT2D eigenvalue weighted by molar-refractivity contribution is -0.122. The van der Waals surface area contributed by atoms with Gasteiger partial charge in [-0.15, -0.1) is 0 Å². The van der Waals surface area contributed by atoms with Crippen LogP contribution in [0.4, 0.5) is 0 Å². The second kappa shape index (κ2) is 9.20. The Labute approximate surface area is 186 Å². The standard InChI is InChI=1S/C23H30N4O5/c1-4-26-8-6-7-15(26)11-24-22(29)14(3)25-23(30)17-12-27(5-2)18-10-20-19(31-13-32-20)9-16(18)21(17)28/h9-10,12,14-15H,4-8,11,13H2,1-3H3,(H,24,29)(H,25,30)/t14-,15?/m0/s1. The van der Waals surface area contributed by atoms with Gasteiger partial charge in [0.1, 0.15) is 11.6 Å². The first-order chi connectivity index (χ1) is 15.4. The first-order valence-corrected chi connectivity index (χ1v) is 11.2. The lowest BCUT2D eigenvalue weighted by atomic mass is 10.1. The van der Waals surface area contributed by atoms with Gasteiger partial charge in [-0.05, 0) is 45.8 Å². The Morgan fingerprint density at radius 2 is 1.94 bits per heavy atom. The number of aryl methyl sites for hydroxylation is 1. The minimum Gasteiger partial charge on any atom is -0.454 e. The number of likely N-dealkylation sites (N-methyl/N-ethyl adjacent to an activating group) is 1. The Morgan fingerprint density at radius 1 is 1.19 bits per heavy atom. The van der Waals surface area contributed by atoms with Crippen molar-refractivity contribution in [3.05, 3.63) is 34.1 Å². The van der Waals surface area contributed by atoms with Gasteiger partial charge in [-0.2, -0.15) is 0 Å². The van der Waals surface area contributed by atoms with E-state index in [1.165, 1.54) is 6.20 Å². The van der Waals surface area contributed by atoms with Gasteiger partial charge in [0.2, 0.25) is 18.1 Å². The van der Waals surface area contributed by atoms with Crippen molar-refractivity contribution < 1.29 is 19.1 Å². The molecule has 9 heteroatoms. The minimum atomic E-state index is -0.763. The van der Waals surface area contributed by atoms with Crippen LogP contribution >= 0.6 is 0 Å². The molecule has 3 heterocycles. The molecule has 0 radical (unpaired) electrons. The third-order valence-electron chi connectivity index (χ3n) is 6.32. The fourth-order valence-electron chi connectivity index (χ4n) is 4.46. The Balaban J connectivity index is 1.49. The van der Waals surface area contributed by atoms with Crippen molar-refractivity contribution in [1.82, 2.24) is 20.1 Å². The molecule has 2 aliphatic heterocycles. The molecular weight excluding hydrogens is 412 g/mol. The molecule has 1 aromatic heterocycles. The molecule has 0 spiro atoms. The van der Waals surface area contributed by atoms with Crippen molar-refractivity contribution in [2.75, 3.05) is 26.4 Å². The van der Waals surface area contributed by atoms with Gasteiger partial charge in [0.25, 0.3) is 5.91 Å². The fraction of sp³-hybridized carbons (Fsp3) is 0.522. The summed E-state index contributed by atoms with van der Waals surface area (Å²) in [5.41, 5.74) is 0.254. The summed E-state index contributed by atoms with van der Waals surface area (Å²) in [6.07, 6.45) is 3.72. The number of rotatable bonds is 7. The summed E-state index contributed by atoms with van der Waals surface area (Å²) >= 11 is 0. The van der Waals surface area contributed by atoms with Crippen LogP contribution in [-0.2, 0) is 11.3 Å². The number of likely N-dealkylation sites (tertiary alicyclic amines) is 1. The maximum absolute atomic E-state index is 13.1. The van der Waals surface area contributed by atoms with Gasteiger partial charge in [0.05, 0.1) is 10.9 Å². The zero-order valence-electron chi connectivity index (χ0n) is 18.8. The predicted octanol–water partition coefficient (Wildman–Crippen LogP) is 1.47. The Hall–Kier alpha value is -3.07. The van der Waals surface area contributed by atoms with Crippen LogP contribution in [0, 0.1) is 0 Å². The summed E-state index contributed by atoms with van der Waals surface area (Å²) < 4.78 is 12.6. The van der Waals surface area contributed by atoms with Gasteiger partial charge < -0.3 is 24.7 Å². The zero-order valence-corrected chi connectivity index (χ0v) is 18.8. The number of ether oxygens (including phenoxy) is 2. The van der Waals surface area contributed by atoms with Crippen LogP contribution in [0.5, 0.6) is 11.5 Å². The number of hydrogen-bond acceptors (Lipinski definition) is 6. The second-order valence-electron chi connectivity index (χ2n) is 8.25. The monoisotopic (exact) mass is 442 g/mol. The van der Waals surface area contributed by atoms with Crippen molar-refractivity contribution in [3.63, 3.8) is 0 Å². The van der Waals surface area contributed by atoms with Crippen molar-refractivity contribution in [2.45, 2.75) is 52.2 Å². The highest BCUT2D eigenvalue weighted by Gasteiger charge is 2.26. The quantitative estimate of drug-likeness (QED) is 0.673. The number of carbonyl (C=O) groups is 2. The number of pyridine rings is 1. The molecule has 0 bridgehead atoms. The maximum Gasteiger partial charge on any atom is 0.257 e. The van der Waals surface area contributed by atoms with Crippen molar-refractivity contribution in [2.24, 2.45) is 0 Å². The largest absolute Gasteiger partial charge is 0.454 e. The number of fused-ring (bicyclic) bond motifs is 2. The molecule has 1 fully saturated rings. The van der Waals surface area contributed by atoms with Gasteiger partial charge in [-0.1, -0.05) is 6.92 Å². The van der Waals surface area contributed by atoms with E-state index >= 15 is 0 Å². The second-order valence-corrected chi connectivity index (χ2v) is 8.25. The van der Waals surface area contributed by atoms with E-state index in [4.69, 9.17) is 9.47 Å². The van der Waals surface area contributed by atoms with Crippen LogP contribution < -0.4 is 25.5 Å². The van der Waals surface area contributed by atoms with Crippen molar-refractivity contribution >= 4 is 22.7 Å².